The first kappa shape index (κ1) is 17.4. The van der Waals surface area contributed by atoms with E-state index in [1.165, 1.54) is 5.56 Å². The Bertz CT molecular complexity index is 735. The van der Waals surface area contributed by atoms with Crippen molar-refractivity contribution in [3.63, 3.8) is 0 Å². The minimum atomic E-state index is -0.338. The van der Waals surface area contributed by atoms with Crippen molar-refractivity contribution in [2.45, 2.75) is 39.8 Å². The number of aryl methyl sites for hydroxylation is 2. The summed E-state index contributed by atoms with van der Waals surface area (Å²) >= 11 is 0. The van der Waals surface area contributed by atoms with Gasteiger partial charge in [0.2, 0.25) is 5.78 Å². The molecule has 2 unspecified atom stereocenters. The molecule has 5 nitrogen and oxygen atoms in total. The zero-order valence-electron chi connectivity index (χ0n) is 15.1. The lowest BCUT2D eigenvalue weighted by Crippen LogP contribution is -2.31. The molecule has 1 fully saturated rings. The molecular formula is C20H25N3O2. The molecule has 0 spiro atoms. The molecule has 0 aliphatic carbocycles. The van der Waals surface area contributed by atoms with Gasteiger partial charge in [0.15, 0.2) is 0 Å². The highest BCUT2D eigenvalue weighted by Gasteiger charge is 2.48. The Balaban J connectivity index is 1.83. The molecule has 2 heterocycles. The molecule has 1 aromatic carbocycles. The quantitative estimate of drug-likeness (QED) is 0.760. The number of carbonyl (C=O) groups excluding carboxylic acids is 2. The second-order valence-corrected chi connectivity index (χ2v) is 7.14. The lowest BCUT2D eigenvalue weighted by atomic mass is 9.84. The van der Waals surface area contributed by atoms with E-state index in [0.717, 1.165) is 18.5 Å². The summed E-state index contributed by atoms with van der Waals surface area (Å²) in [5.41, 5.74) is 2.22. The Morgan fingerprint density at radius 2 is 1.84 bits per heavy atom. The monoisotopic (exact) mass is 339 g/mol. The van der Waals surface area contributed by atoms with Gasteiger partial charge in [0.05, 0.1) is 18.3 Å². The van der Waals surface area contributed by atoms with Gasteiger partial charge in [-0.3, -0.25) is 9.59 Å². The van der Waals surface area contributed by atoms with Crippen LogP contribution in [0, 0.1) is 18.8 Å². The van der Waals surface area contributed by atoms with Crippen LogP contribution in [0.25, 0.3) is 0 Å². The Morgan fingerprint density at radius 3 is 2.44 bits per heavy atom. The SMILES string of the molecule is Cc1ccc(C2C(C(C)C)C(=O)C(=O)N2CCCn2ccnc2)cc1. The summed E-state index contributed by atoms with van der Waals surface area (Å²) in [6, 6.07) is 8.02. The zero-order valence-corrected chi connectivity index (χ0v) is 15.1. The second kappa shape index (κ2) is 7.21. The van der Waals surface area contributed by atoms with Crippen molar-refractivity contribution >= 4 is 11.7 Å². The third kappa shape index (κ3) is 3.50. The predicted molar refractivity (Wildman–Crippen MR) is 95.8 cm³/mol. The molecule has 1 aliphatic rings. The lowest BCUT2D eigenvalue weighted by molar-refractivity contribution is -0.141. The van der Waals surface area contributed by atoms with Crippen LogP contribution in [0.3, 0.4) is 0 Å². The van der Waals surface area contributed by atoms with E-state index in [0.29, 0.717) is 6.54 Å². The van der Waals surface area contributed by atoms with Crippen molar-refractivity contribution in [2.24, 2.45) is 11.8 Å². The number of benzene rings is 1. The molecule has 1 aromatic heterocycles. The van der Waals surface area contributed by atoms with Gasteiger partial charge in [-0.25, -0.2) is 4.98 Å². The molecule has 3 rings (SSSR count). The number of hydrogen-bond acceptors (Lipinski definition) is 3. The predicted octanol–water partition coefficient (Wildman–Crippen LogP) is 3.01. The number of amides is 1. The van der Waals surface area contributed by atoms with Gasteiger partial charge >= 0.3 is 0 Å². The zero-order chi connectivity index (χ0) is 18.0. The molecule has 0 N–H and O–H groups in total. The van der Waals surface area contributed by atoms with Crippen LogP contribution in [0.5, 0.6) is 0 Å². The topological polar surface area (TPSA) is 55.2 Å². The Morgan fingerprint density at radius 1 is 1.12 bits per heavy atom. The molecule has 0 saturated carbocycles. The van der Waals surface area contributed by atoms with E-state index in [2.05, 4.69) is 4.98 Å². The molecule has 25 heavy (non-hydrogen) atoms. The van der Waals surface area contributed by atoms with Gasteiger partial charge in [-0.15, -0.1) is 0 Å². The van der Waals surface area contributed by atoms with E-state index in [-0.39, 0.29) is 29.6 Å². The highest BCUT2D eigenvalue weighted by atomic mass is 16.2. The van der Waals surface area contributed by atoms with Crippen LogP contribution in [0.1, 0.15) is 37.4 Å². The van der Waals surface area contributed by atoms with Crippen molar-refractivity contribution < 1.29 is 9.59 Å². The summed E-state index contributed by atoms with van der Waals surface area (Å²) < 4.78 is 1.99. The molecule has 5 heteroatoms. The lowest BCUT2D eigenvalue weighted by Gasteiger charge is -2.29. The number of likely N-dealkylation sites (tertiary alicyclic amines) is 1. The Hall–Kier alpha value is -2.43. The number of hydrogen-bond donors (Lipinski definition) is 0. The molecule has 0 radical (unpaired) electrons. The Labute approximate surface area is 148 Å². The van der Waals surface area contributed by atoms with Crippen LogP contribution in [-0.2, 0) is 16.1 Å². The summed E-state index contributed by atoms with van der Waals surface area (Å²) in [6.45, 7) is 7.44. The summed E-state index contributed by atoms with van der Waals surface area (Å²) in [5.74, 6) is -0.733. The highest BCUT2D eigenvalue weighted by Crippen LogP contribution is 2.40. The highest BCUT2D eigenvalue weighted by molar-refractivity contribution is 6.39. The molecule has 1 amide bonds. The first-order valence-corrected chi connectivity index (χ1v) is 8.86. The Kier molecular flexibility index (Phi) is 5.02. The van der Waals surface area contributed by atoms with Crippen molar-refractivity contribution in [3.8, 4) is 0 Å². The normalized spacial score (nSPS) is 20.7. The van der Waals surface area contributed by atoms with E-state index in [4.69, 9.17) is 0 Å². The third-order valence-electron chi connectivity index (χ3n) is 4.96. The first-order chi connectivity index (χ1) is 12.0. The summed E-state index contributed by atoms with van der Waals surface area (Å²) in [6.07, 6.45) is 6.22. The second-order valence-electron chi connectivity index (χ2n) is 7.14. The van der Waals surface area contributed by atoms with Crippen LogP contribution in [0.15, 0.2) is 43.0 Å². The van der Waals surface area contributed by atoms with Crippen LogP contribution >= 0.6 is 0 Å². The van der Waals surface area contributed by atoms with Gasteiger partial charge in [0.25, 0.3) is 5.91 Å². The van der Waals surface area contributed by atoms with E-state index < -0.39 is 0 Å². The number of aromatic nitrogens is 2. The number of ketones is 1. The summed E-state index contributed by atoms with van der Waals surface area (Å²) in [4.78, 5) is 31.0. The van der Waals surface area contributed by atoms with Gasteiger partial charge < -0.3 is 9.47 Å². The number of rotatable bonds is 6. The number of nitrogens with zero attached hydrogens (tertiary/aromatic N) is 3. The van der Waals surface area contributed by atoms with Crippen LogP contribution in [0.4, 0.5) is 0 Å². The number of carbonyl (C=O) groups is 2. The van der Waals surface area contributed by atoms with E-state index in [9.17, 15) is 9.59 Å². The van der Waals surface area contributed by atoms with Gasteiger partial charge in [-0.05, 0) is 24.8 Å². The fourth-order valence-electron chi connectivity index (χ4n) is 3.65. The van der Waals surface area contributed by atoms with Gasteiger partial charge in [-0.1, -0.05) is 43.7 Å². The minimum Gasteiger partial charge on any atom is -0.337 e. The molecular weight excluding hydrogens is 314 g/mol. The molecule has 132 valence electrons. The largest absolute Gasteiger partial charge is 0.337 e. The van der Waals surface area contributed by atoms with Crippen molar-refractivity contribution in [3.05, 3.63) is 54.1 Å². The smallest absolute Gasteiger partial charge is 0.290 e. The molecule has 1 saturated heterocycles. The van der Waals surface area contributed by atoms with Crippen molar-refractivity contribution in [1.82, 2.24) is 14.5 Å². The maximum Gasteiger partial charge on any atom is 0.290 e. The van der Waals surface area contributed by atoms with E-state index >= 15 is 0 Å². The van der Waals surface area contributed by atoms with Gasteiger partial charge in [-0.2, -0.15) is 0 Å². The third-order valence-corrected chi connectivity index (χ3v) is 4.96. The van der Waals surface area contributed by atoms with E-state index in [1.807, 2.05) is 55.8 Å². The van der Waals surface area contributed by atoms with Gasteiger partial charge in [0.1, 0.15) is 0 Å². The fourth-order valence-corrected chi connectivity index (χ4v) is 3.65. The summed E-state index contributed by atoms with van der Waals surface area (Å²) in [7, 11) is 0. The standard InChI is InChI=1S/C20H25N3O2/c1-14(2)17-18(16-7-5-15(3)6-8-16)23(20(25)19(17)24)11-4-10-22-12-9-21-13-22/h5-9,12-14,17-18H,4,10-11H2,1-3H3. The molecule has 1 aliphatic heterocycles. The molecule has 0 bridgehead atoms. The average molecular weight is 339 g/mol. The minimum absolute atomic E-state index is 0.126. The van der Waals surface area contributed by atoms with Crippen LogP contribution in [-0.4, -0.2) is 32.7 Å². The number of imidazole rings is 1. The van der Waals surface area contributed by atoms with Crippen LogP contribution < -0.4 is 0 Å². The maximum absolute atomic E-state index is 12.6. The summed E-state index contributed by atoms with van der Waals surface area (Å²) in [5, 5.41) is 0. The van der Waals surface area contributed by atoms with Crippen molar-refractivity contribution in [1.29, 1.82) is 0 Å². The fraction of sp³-hybridized carbons (Fsp3) is 0.450. The molecule has 2 atom stereocenters. The van der Waals surface area contributed by atoms with Gasteiger partial charge in [0, 0.05) is 25.5 Å². The van der Waals surface area contributed by atoms with Crippen LogP contribution in [0.2, 0.25) is 0 Å². The number of Topliss-reactive ketones (excluding diaryl/α,β-unsaturated/α-hetero) is 1. The first-order valence-electron chi connectivity index (χ1n) is 8.86. The average Bonchev–Trinajstić information content (AvgIpc) is 3.17. The molecule has 2 aromatic rings. The maximum atomic E-state index is 12.6. The van der Waals surface area contributed by atoms with E-state index in [1.54, 1.807) is 17.4 Å². The van der Waals surface area contributed by atoms with Crippen molar-refractivity contribution in [2.75, 3.05) is 6.54 Å².